The van der Waals surface area contributed by atoms with Crippen LogP contribution in [0.15, 0.2) is 33.7 Å². The first-order chi connectivity index (χ1) is 12.0. The van der Waals surface area contributed by atoms with E-state index in [9.17, 15) is 9.59 Å². The van der Waals surface area contributed by atoms with Crippen LogP contribution >= 0.6 is 11.8 Å². The summed E-state index contributed by atoms with van der Waals surface area (Å²) in [6.45, 7) is 1.46. The van der Waals surface area contributed by atoms with E-state index >= 15 is 0 Å². The van der Waals surface area contributed by atoms with Crippen LogP contribution in [0.25, 0.3) is 0 Å². The van der Waals surface area contributed by atoms with Crippen molar-refractivity contribution in [1.29, 1.82) is 0 Å². The number of nitrogens with one attached hydrogen (secondary N) is 1. The van der Waals surface area contributed by atoms with E-state index < -0.39 is 17.9 Å². The molecule has 0 radical (unpaired) electrons. The van der Waals surface area contributed by atoms with Gasteiger partial charge in [0.25, 0.3) is 5.89 Å². The van der Waals surface area contributed by atoms with Crippen molar-refractivity contribution in [2.75, 3.05) is 12.9 Å². The van der Waals surface area contributed by atoms with E-state index in [2.05, 4.69) is 15.5 Å². The highest BCUT2D eigenvalue weighted by Gasteiger charge is 2.18. The van der Waals surface area contributed by atoms with Crippen LogP contribution in [0.1, 0.15) is 29.7 Å². The van der Waals surface area contributed by atoms with E-state index in [-0.39, 0.29) is 25.5 Å². The zero-order chi connectivity index (χ0) is 18.2. The first kappa shape index (κ1) is 18.9. The normalized spacial score (nSPS) is 11.9. The van der Waals surface area contributed by atoms with Gasteiger partial charge in [-0.1, -0.05) is 17.3 Å². The smallest absolute Gasteiger partial charge is 0.305 e. The van der Waals surface area contributed by atoms with E-state index in [1.54, 1.807) is 18.7 Å². The van der Waals surface area contributed by atoms with Gasteiger partial charge in [0.2, 0.25) is 5.91 Å². The van der Waals surface area contributed by atoms with Gasteiger partial charge >= 0.3 is 5.97 Å². The summed E-state index contributed by atoms with van der Waals surface area (Å²) >= 11 is 1.58. The maximum Gasteiger partial charge on any atom is 0.305 e. The largest absolute Gasteiger partial charge is 0.481 e. The summed E-state index contributed by atoms with van der Waals surface area (Å²) in [6.07, 6.45) is 1.74. The van der Waals surface area contributed by atoms with Crippen LogP contribution in [0.3, 0.4) is 0 Å². The van der Waals surface area contributed by atoms with Crippen LogP contribution in [0.2, 0.25) is 0 Å². The molecule has 0 bridgehead atoms. The molecule has 0 saturated carbocycles. The summed E-state index contributed by atoms with van der Waals surface area (Å²) in [5.41, 5.74) is 0.723. The molecule has 0 saturated heterocycles. The Balaban J connectivity index is 1.90. The van der Waals surface area contributed by atoms with E-state index in [4.69, 9.17) is 14.4 Å². The minimum atomic E-state index is -0.999. The Labute approximate surface area is 148 Å². The standard InChI is InChI=1S/C16H19N3O5S/c1-10-17-15(24-19-10)9-23-8-14(20)18-13(7-16(21)22)11-3-5-12(25-2)6-4-11/h3-6,13H,7-9H2,1-2H3,(H,18,20)(H,21,22). The van der Waals surface area contributed by atoms with Gasteiger partial charge in [0, 0.05) is 4.90 Å². The summed E-state index contributed by atoms with van der Waals surface area (Å²) < 4.78 is 10.1. The first-order valence-electron chi connectivity index (χ1n) is 7.50. The van der Waals surface area contributed by atoms with Crippen LogP contribution < -0.4 is 5.32 Å². The second-order valence-electron chi connectivity index (χ2n) is 5.22. The molecule has 2 rings (SSSR count). The van der Waals surface area contributed by atoms with Gasteiger partial charge in [0.05, 0.1) is 12.5 Å². The predicted molar refractivity (Wildman–Crippen MR) is 90.1 cm³/mol. The van der Waals surface area contributed by atoms with Crippen LogP contribution in [0, 0.1) is 6.92 Å². The molecule has 9 heteroatoms. The van der Waals surface area contributed by atoms with Crippen molar-refractivity contribution in [3.63, 3.8) is 0 Å². The minimum absolute atomic E-state index is 0.0142. The predicted octanol–water partition coefficient (Wildman–Crippen LogP) is 1.95. The van der Waals surface area contributed by atoms with E-state index in [1.807, 2.05) is 30.5 Å². The number of aromatic nitrogens is 2. The molecule has 1 atom stereocenters. The molecule has 0 aliphatic heterocycles. The Morgan fingerprint density at radius 3 is 2.64 bits per heavy atom. The number of benzene rings is 1. The molecule has 1 heterocycles. The van der Waals surface area contributed by atoms with Gasteiger partial charge in [-0.2, -0.15) is 4.98 Å². The highest BCUT2D eigenvalue weighted by Crippen LogP contribution is 2.21. The zero-order valence-electron chi connectivity index (χ0n) is 13.9. The summed E-state index contributed by atoms with van der Waals surface area (Å²) in [6, 6.07) is 6.75. The number of hydrogen-bond acceptors (Lipinski definition) is 7. The summed E-state index contributed by atoms with van der Waals surface area (Å²) in [4.78, 5) is 28.1. The van der Waals surface area contributed by atoms with Crippen molar-refractivity contribution < 1.29 is 24.0 Å². The van der Waals surface area contributed by atoms with Gasteiger partial charge in [-0.25, -0.2) is 0 Å². The molecule has 1 amide bonds. The maximum absolute atomic E-state index is 12.0. The van der Waals surface area contributed by atoms with Crippen LogP contribution in [0.4, 0.5) is 0 Å². The number of amides is 1. The monoisotopic (exact) mass is 365 g/mol. The van der Waals surface area contributed by atoms with Gasteiger partial charge in [0.15, 0.2) is 5.82 Å². The van der Waals surface area contributed by atoms with E-state index in [0.717, 1.165) is 10.5 Å². The number of ether oxygens (including phenoxy) is 1. The SMILES string of the molecule is CSc1ccc(C(CC(=O)O)NC(=O)COCc2nc(C)no2)cc1. The average Bonchev–Trinajstić information content (AvgIpc) is 2.99. The fourth-order valence-electron chi connectivity index (χ4n) is 2.13. The number of nitrogens with zero attached hydrogens (tertiary/aromatic N) is 2. The molecule has 0 aliphatic carbocycles. The maximum atomic E-state index is 12.0. The Morgan fingerprint density at radius 2 is 2.08 bits per heavy atom. The minimum Gasteiger partial charge on any atom is -0.481 e. The number of hydrogen-bond donors (Lipinski definition) is 2. The molecule has 1 aromatic carbocycles. The van der Waals surface area contributed by atoms with Crippen LogP contribution in [-0.4, -0.2) is 40.0 Å². The summed E-state index contributed by atoms with van der Waals surface area (Å²) in [5, 5.41) is 15.4. The molecule has 134 valence electrons. The number of aryl methyl sites for hydroxylation is 1. The van der Waals surface area contributed by atoms with Gasteiger partial charge < -0.3 is 19.7 Å². The lowest BCUT2D eigenvalue weighted by molar-refractivity contribution is -0.138. The first-order valence-corrected chi connectivity index (χ1v) is 8.72. The molecule has 0 aliphatic rings. The molecule has 2 N–H and O–H groups in total. The van der Waals surface area contributed by atoms with Crippen molar-refractivity contribution in [3.05, 3.63) is 41.5 Å². The molecule has 0 spiro atoms. The molecule has 0 fully saturated rings. The number of carboxylic acids is 1. The second kappa shape index (κ2) is 9.19. The molecule has 2 aromatic rings. The number of aliphatic carboxylic acids is 1. The van der Waals surface area contributed by atoms with Crippen LogP contribution in [0.5, 0.6) is 0 Å². The second-order valence-corrected chi connectivity index (χ2v) is 6.10. The molecular weight excluding hydrogens is 346 g/mol. The highest BCUT2D eigenvalue weighted by atomic mass is 32.2. The highest BCUT2D eigenvalue weighted by molar-refractivity contribution is 7.98. The van der Waals surface area contributed by atoms with Crippen molar-refractivity contribution in [1.82, 2.24) is 15.5 Å². The third-order valence-electron chi connectivity index (χ3n) is 3.26. The third-order valence-corrected chi connectivity index (χ3v) is 4.00. The fourth-order valence-corrected chi connectivity index (χ4v) is 2.54. The van der Waals surface area contributed by atoms with Gasteiger partial charge in [0.1, 0.15) is 13.2 Å². The molecule has 1 aromatic heterocycles. The number of carboxylic acid groups (broad SMARTS) is 1. The number of carbonyl (C=O) groups excluding carboxylic acids is 1. The lowest BCUT2D eigenvalue weighted by Crippen LogP contribution is -2.33. The molecular formula is C16H19N3O5S. The van der Waals surface area contributed by atoms with E-state index in [1.165, 1.54) is 0 Å². The zero-order valence-corrected chi connectivity index (χ0v) is 14.7. The summed E-state index contributed by atoms with van der Waals surface area (Å²) in [5.74, 6) is -0.656. The fraction of sp³-hybridized carbons (Fsp3) is 0.375. The quantitative estimate of drug-likeness (QED) is 0.648. The number of thioether (sulfide) groups is 1. The summed E-state index contributed by atoms with van der Waals surface area (Å²) in [7, 11) is 0. The lowest BCUT2D eigenvalue weighted by atomic mass is 10.0. The van der Waals surface area contributed by atoms with Crippen LogP contribution in [-0.2, 0) is 20.9 Å². The number of rotatable bonds is 9. The Kier molecular flexibility index (Phi) is 6.96. The van der Waals surface area contributed by atoms with Gasteiger partial charge in [-0.15, -0.1) is 11.8 Å². The Bertz CT molecular complexity index is 717. The molecule has 25 heavy (non-hydrogen) atoms. The number of carbonyl (C=O) groups is 2. The average molecular weight is 365 g/mol. The lowest BCUT2D eigenvalue weighted by Gasteiger charge is -2.17. The third kappa shape index (κ3) is 6.20. The van der Waals surface area contributed by atoms with Gasteiger partial charge in [-0.3, -0.25) is 9.59 Å². The topological polar surface area (TPSA) is 115 Å². The molecule has 8 nitrogen and oxygen atoms in total. The van der Waals surface area contributed by atoms with Crippen molar-refractivity contribution in [2.24, 2.45) is 0 Å². The van der Waals surface area contributed by atoms with E-state index in [0.29, 0.717) is 5.82 Å². The Morgan fingerprint density at radius 1 is 1.36 bits per heavy atom. The molecule has 1 unspecified atom stereocenters. The van der Waals surface area contributed by atoms with Gasteiger partial charge in [-0.05, 0) is 30.9 Å². The Hall–Kier alpha value is -2.39. The van der Waals surface area contributed by atoms with Crippen molar-refractivity contribution in [2.45, 2.75) is 30.9 Å². The van der Waals surface area contributed by atoms with Crippen molar-refractivity contribution >= 4 is 23.6 Å². The van der Waals surface area contributed by atoms with Crippen molar-refractivity contribution in [3.8, 4) is 0 Å².